The van der Waals surface area contributed by atoms with Crippen molar-refractivity contribution in [3.63, 3.8) is 0 Å². The third-order valence-corrected chi connectivity index (χ3v) is 4.95. The first-order valence-corrected chi connectivity index (χ1v) is 8.47. The molecular weight excluding hydrogens is 290 g/mol. The van der Waals surface area contributed by atoms with Crippen LogP contribution in [0.1, 0.15) is 32.4 Å². The Morgan fingerprint density at radius 2 is 1.87 bits per heavy atom. The number of piperidine rings is 1. The topological polar surface area (TPSA) is 39.0 Å². The zero-order chi connectivity index (χ0) is 15.9. The fourth-order valence-corrected chi connectivity index (χ4v) is 3.41. The van der Waals surface area contributed by atoms with Crippen LogP contribution < -0.4 is 0 Å². The Morgan fingerprint density at radius 1 is 1.13 bits per heavy atom. The summed E-state index contributed by atoms with van der Waals surface area (Å²) in [6, 6.07) is 6.12. The number of hydrogen-bond acceptors (Lipinski definition) is 4. The van der Waals surface area contributed by atoms with E-state index in [1.165, 1.54) is 5.69 Å². The van der Waals surface area contributed by atoms with Gasteiger partial charge in [0.2, 0.25) is 0 Å². The number of nitrogens with zero attached hydrogens (tertiary/aromatic N) is 3. The summed E-state index contributed by atoms with van der Waals surface area (Å²) in [7, 11) is 0. The van der Waals surface area contributed by atoms with Crippen LogP contribution >= 0.6 is 0 Å². The van der Waals surface area contributed by atoms with Gasteiger partial charge in [-0.15, -0.1) is 0 Å². The van der Waals surface area contributed by atoms with Gasteiger partial charge in [-0.1, -0.05) is 19.9 Å². The lowest BCUT2D eigenvalue weighted by atomic mass is 9.92. The van der Waals surface area contributed by atoms with Gasteiger partial charge in [0.1, 0.15) is 5.65 Å². The molecule has 2 aromatic rings. The van der Waals surface area contributed by atoms with E-state index in [0.29, 0.717) is 0 Å². The molecule has 0 atom stereocenters. The molecule has 2 aromatic heterocycles. The summed E-state index contributed by atoms with van der Waals surface area (Å²) < 4.78 is 14.4. The van der Waals surface area contributed by atoms with Gasteiger partial charge in [-0.3, -0.25) is 4.90 Å². The highest BCUT2D eigenvalue weighted by Crippen LogP contribution is 2.36. The Kier molecular flexibility index (Phi) is 3.67. The van der Waals surface area contributed by atoms with E-state index >= 15 is 0 Å². The largest absolute Gasteiger partial charge is 0.349 e. The van der Waals surface area contributed by atoms with Crippen molar-refractivity contribution in [1.29, 1.82) is 0 Å². The number of hydrogen-bond donors (Lipinski definition) is 0. The van der Waals surface area contributed by atoms with Crippen LogP contribution in [0.3, 0.4) is 0 Å². The van der Waals surface area contributed by atoms with E-state index in [4.69, 9.17) is 9.47 Å². The van der Waals surface area contributed by atoms with Gasteiger partial charge in [0.25, 0.3) is 0 Å². The maximum Gasteiger partial charge on any atom is 0.170 e. The first-order valence-electron chi connectivity index (χ1n) is 8.47. The zero-order valence-electron chi connectivity index (χ0n) is 14.0. The number of ether oxygens (including phenoxy) is 2. The Bertz CT molecular complexity index is 674. The SMILES string of the molecule is CC1(C)COC2(CCN(Cc3cnc4ccccn34)CC2)OC1. The van der Waals surface area contributed by atoms with E-state index in [1.807, 2.05) is 18.3 Å². The van der Waals surface area contributed by atoms with Gasteiger partial charge >= 0.3 is 0 Å². The molecule has 0 aliphatic carbocycles. The van der Waals surface area contributed by atoms with Gasteiger partial charge < -0.3 is 13.9 Å². The van der Waals surface area contributed by atoms with Crippen LogP contribution in [0.15, 0.2) is 30.6 Å². The van der Waals surface area contributed by atoms with E-state index < -0.39 is 0 Å². The van der Waals surface area contributed by atoms with E-state index in [1.54, 1.807) is 0 Å². The van der Waals surface area contributed by atoms with Crippen LogP contribution in [0.2, 0.25) is 0 Å². The Labute approximate surface area is 137 Å². The standard InChI is InChI=1S/C18H25N3O2/c1-17(2)13-22-18(23-14-17)6-9-20(10-7-18)12-15-11-19-16-5-3-4-8-21(15)16/h3-5,8,11H,6-7,9-10,12-14H2,1-2H3. The molecule has 0 aromatic carbocycles. The molecule has 2 aliphatic rings. The quantitative estimate of drug-likeness (QED) is 0.854. The fourth-order valence-electron chi connectivity index (χ4n) is 3.41. The maximum atomic E-state index is 6.11. The number of likely N-dealkylation sites (tertiary alicyclic amines) is 1. The average Bonchev–Trinajstić information content (AvgIpc) is 2.96. The van der Waals surface area contributed by atoms with Crippen LogP contribution in [-0.2, 0) is 16.0 Å². The lowest BCUT2D eigenvalue weighted by molar-refractivity contribution is -0.313. The number of rotatable bonds is 2. The molecule has 2 fully saturated rings. The molecule has 5 heteroatoms. The minimum Gasteiger partial charge on any atom is -0.349 e. The Balaban J connectivity index is 1.39. The monoisotopic (exact) mass is 315 g/mol. The normalized spacial score (nSPS) is 24.3. The van der Waals surface area contributed by atoms with Gasteiger partial charge in [-0.05, 0) is 12.1 Å². The van der Waals surface area contributed by atoms with Crippen LogP contribution in [0, 0.1) is 5.41 Å². The van der Waals surface area contributed by atoms with Gasteiger partial charge in [0.05, 0.1) is 25.1 Å². The summed E-state index contributed by atoms with van der Waals surface area (Å²) in [5.74, 6) is -0.342. The van der Waals surface area contributed by atoms with Crippen molar-refractivity contribution in [3.05, 3.63) is 36.3 Å². The summed E-state index contributed by atoms with van der Waals surface area (Å²) in [6.45, 7) is 8.90. The van der Waals surface area contributed by atoms with Gasteiger partial charge in [0.15, 0.2) is 5.79 Å². The van der Waals surface area contributed by atoms with Crippen molar-refractivity contribution in [2.24, 2.45) is 5.41 Å². The molecule has 0 amide bonds. The Morgan fingerprint density at radius 3 is 2.61 bits per heavy atom. The lowest BCUT2D eigenvalue weighted by Crippen LogP contribution is -2.53. The molecule has 0 N–H and O–H groups in total. The molecule has 23 heavy (non-hydrogen) atoms. The summed E-state index contributed by atoms with van der Waals surface area (Å²) in [5, 5.41) is 0. The highest BCUT2D eigenvalue weighted by atomic mass is 16.7. The number of pyridine rings is 1. The van der Waals surface area contributed by atoms with E-state index in [-0.39, 0.29) is 11.2 Å². The first-order chi connectivity index (χ1) is 11.1. The maximum absolute atomic E-state index is 6.11. The number of aromatic nitrogens is 2. The minimum atomic E-state index is -0.342. The molecule has 0 bridgehead atoms. The molecule has 2 aliphatic heterocycles. The van der Waals surface area contributed by atoms with Gasteiger partial charge in [0, 0.05) is 44.1 Å². The van der Waals surface area contributed by atoms with Crippen molar-refractivity contribution in [1.82, 2.24) is 14.3 Å². The van der Waals surface area contributed by atoms with Crippen molar-refractivity contribution in [2.45, 2.75) is 39.0 Å². The highest BCUT2D eigenvalue weighted by Gasteiger charge is 2.42. The van der Waals surface area contributed by atoms with Crippen molar-refractivity contribution < 1.29 is 9.47 Å². The smallest absolute Gasteiger partial charge is 0.170 e. The highest BCUT2D eigenvalue weighted by molar-refractivity contribution is 5.39. The lowest BCUT2D eigenvalue weighted by Gasteiger charge is -2.47. The molecule has 4 rings (SSSR count). The zero-order valence-corrected chi connectivity index (χ0v) is 14.0. The predicted octanol–water partition coefficient (Wildman–Crippen LogP) is 2.70. The second-order valence-electron chi connectivity index (χ2n) is 7.61. The number of fused-ring (bicyclic) bond motifs is 1. The Hall–Kier alpha value is -1.43. The van der Waals surface area contributed by atoms with E-state index in [2.05, 4.69) is 40.4 Å². The van der Waals surface area contributed by atoms with Crippen molar-refractivity contribution in [2.75, 3.05) is 26.3 Å². The second-order valence-corrected chi connectivity index (χ2v) is 7.61. The summed E-state index contributed by atoms with van der Waals surface area (Å²) in [6.07, 6.45) is 5.95. The molecule has 0 unspecified atom stereocenters. The molecule has 0 saturated carbocycles. The van der Waals surface area contributed by atoms with E-state index in [9.17, 15) is 0 Å². The number of imidazole rings is 1. The third kappa shape index (κ3) is 3.01. The molecule has 1 spiro atoms. The molecular formula is C18H25N3O2. The summed E-state index contributed by atoms with van der Waals surface area (Å²) >= 11 is 0. The summed E-state index contributed by atoms with van der Waals surface area (Å²) in [5.41, 5.74) is 2.39. The summed E-state index contributed by atoms with van der Waals surface area (Å²) in [4.78, 5) is 6.94. The minimum absolute atomic E-state index is 0.138. The molecule has 0 radical (unpaired) electrons. The van der Waals surface area contributed by atoms with Gasteiger partial charge in [-0.2, -0.15) is 0 Å². The molecule has 124 valence electrons. The molecule has 2 saturated heterocycles. The third-order valence-electron chi connectivity index (χ3n) is 4.95. The van der Waals surface area contributed by atoms with E-state index in [0.717, 1.165) is 51.3 Å². The van der Waals surface area contributed by atoms with Crippen LogP contribution in [0.25, 0.3) is 5.65 Å². The molecule has 5 nitrogen and oxygen atoms in total. The van der Waals surface area contributed by atoms with Crippen molar-refractivity contribution in [3.8, 4) is 0 Å². The van der Waals surface area contributed by atoms with Crippen LogP contribution in [0.4, 0.5) is 0 Å². The average molecular weight is 315 g/mol. The molecule has 4 heterocycles. The van der Waals surface area contributed by atoms with Crippen molar-refractivity contribution >= 4 is 5.65 Å². The second kappa shape index (κ2) is 5.58. The van der Waals surface area contributed by atoms with Crippen LogP contribution in [-0.4, -0.2) is 46.4 Å². The predicted molar refractivity (Wildman–Crippen MR) is 88.1 cm³/mol. The van der Waals surface area contributed by atoms with Crippen LogP contribution in [0.5, 0.6) is 0 Å². The first kappa shape index (κ1) is 15.1. The van der Waals surface area contributed by atoms with Gasteiger partial charge in [-0.25, -0.2) is 4.98 Å². The fraction of sp³-hybridized carbons (Fsp3) is 0.611.